The third kappa shape index (κ3) is 3.48. The lowest BCUT2D eigenvalue weighted by Crippen LogP contribution is -2.34. The molecule has 3 amide bonds. The van der Waals surface area contributed by atoms with E-state index in [2.05, 4.69) is 5.32 Å². The van der Waals surface area contributed by atoms with E-state index in [0.29, 0.717) is 24.1 Å². The molecule has 2 aromatic carbocycles. The van der Waals surface area contributed by atoms with E-state index in [1.807, 2.05) is 50.3 Å². The minimum absolute atomic E-state index is 0.198. The van der Waals surface area contributed by atoms with Crippen molar-refractivity contribution in [1.82, 2.24) is 5.32 Å². The standard InChI is InChI=1S/C24H24N2O3/c1-15-12-13-18-20(14-15)24(29)26(23(18)28)21-11-7-6-10-19(21)22(27)25-16(2)17-8-4-3-5-9-17/h3-12,16,18,20H,13-14H2,1-2H3,(H,25,27)/t16-,18+,20+/m1/s1. The maximum atomic E-state index is 13.1. The fourth-order valence-corrected chi connectivity index (χ4v) is 4.23. The van der Waals surface area contributed by atoms with Gasteiger partial charge in [-0.25, -0.2) is 4.90 Å². The van der Waals surface area contributed by atoms with Gasteiger partial charge in [-0.15, -0.1) is 0 Å². The molecule has 0 bridgehead atoms. The Morgan fingerprint density at radius 1 is 1.00 bits per heavy atom. The molecule has 1 aliphatic heterocycles. The molecule has 4 rings (SSSR count). The van der Waals surface area contributed by atoms with Crippen LogP contribution in [0.4, 0.5) is 5.69 Å². The zero-order valence-corrected chi connectivity index (χ0v) is 16.6. The van der Waals surface area contributed by atoms with E-state index in [4.69, 9.17) is 0 Å². The van der Waals surface area contributed by atoms with Crippen LogP contribution in [-0.2, 0) is 9.59 Å². The van der Waals surface area contributed by atoms with Crippen LogP contribution in [0, 0.1) is 11.8 Å². The van der Waals surface area contributed by atoms with Crippen molar-refractivity contribution in [3.63, 3.8) is 0 Å². The van der Waals surface area contributed by atoms with Crippen molar-refractivity contribution in [1.29, 1.82) is 0 Å². The Balaban J connectivity index is 1.61. The first-order valence-electron chi connectivity index (χ1n) is 9.95. The number of rotatable bonds is 4. The van der Waals surface area contributed by atoms with Gasteiger partial charge in [-0.3, -0.25) is 14.4 Å². The Morgan fingerprint density at radius 2 is 1.66 bits per heavy atom. The van der Waals surface area contributed by atoms with Crippen molar-refractivity contribution < 1.29 is 14.4 Å². The smallest absolute Gasteiger partial charge is 0.253 e. The molecule has 1 fully saturated rings. The molecule has 3 atom stereocenters. The highest BCUT2D eigenvalue weighted by Crippen LogP contribution is 2.40. The number of anilines is 1. The van der Waals surface area contributed by atoms with Gasteiger partial charge in [-0.1, -0.05) is 54.1 Å². The van der Waals surface area contributed by atoms with Gasteiger partial charge < -0.3 is 5.32 Å². The van der Waals surface area contributed by atoms with Gasteiger partial charge >= 0.3 is 0 Å². The summed E-state index contributed by atoms with van der Waals surface area (Å²) in [6.45, 7) is 3.90. The van der Waals surface area contributed by atoms with E-state index in [1.165, 1.54) is 4.90 Å². The topological polar surface area (TPSA) is 66.5 Å². The number of amides is 3. The summed E-state index contributed by atoms with van der Waals surface area (Å²) >= 11 is 0. The fraction of sp³-hybridized carbons (Fsp3) is 0.292. The average molecular weight is 388 g/mol. The molecule has 2 aromatic rings. The number of para-hydroxylation sites is 1. The van der Waals surface area contributed by atoms with E-state index in [1.54, 1.807) is 24.3 Å². The third-order valence-corrected chi connectivity index (χ3v) is 5.86. The molecule has 0 unspecified atom stereocenters. The first kappa shape index (κ1) is 19.1. The summed E-state index contributed by atoms with van der Waals surface area (Å²) in [4.78, 5) is 40.3. The summed E-state index contributed by atoms with van der Waals surface area (Å²) < 4.78 is 0. The maximum Gasteiger partial charge on any atom is 0.253 e. The Morgan fingerprint density at radius 3 is 2.41 bits per heavy atom. The van der Waals surface area contributed by atoms with Gasteiger partial charge in [0.25, 0.3) is 5.91 Å². The molecule has 5 heteroatoms. The predicted molar refractivity (Wildman–Crippen MR) is 111 cm³/mol. The third-order valence-electron chi connectivity index (χ3n) is 5.86. The molecule has 1 heterocycles. The molecule has 1 saturated heterocycles. The highest BCUT2D eigenvalue weighted by Gasteiger charge is 2.49. The lowest BCUT2D eigenvalue weighted by atomic mass is 9.82. The number of allylic oxidation sites excluding steroid dienone is 2. The number of carbonyl (C=O) groups is 3. The zero-order chi connectivity index (χ0) is 20.5. The van der Waals surface area contributed by atoms with Gasteiger partial charge in [0.2, 0.25) is 11.8 Å². The molecular formula is C24H24N2O3. The second kappa shape index (κ2) is 7.66. The monoisotopic (exact) mass is 388 g/mol. The first-order valence-corrected chi connectivity index (χ1v) is 9.95. The van der Waals surface area contributed by atoms with Crippen LogP contribution in [0.3, 0.4) is 0 Å². The Bertz CT molecular complexity index is 996. The van der Waals surface area contributed by atoms with Gasteiger partial charge in [-0.05, 0) is 44.4 Å². The molecule has 5 nitrogen and oxygen atoms in total. The number of imide groups is 1. The van der Waals surface area contributed by atoms with Gasteiger partial charge in [0, 0.05) is 0 Å². The SMILES string of the molecule is CC1=CC[C@@H]2C(=O)N(c3ccccc3C(=O)N[C@H](C)c3ccccc3)C(=O)[C@H]2C1. The van der Waals surface area contributed by atoms with Crippen molar-refractivity contribution >= 4 is 23.4 Å². The Hall–Kier alpha value is -3.21. The molecule has 0 saturated carbocycles. The summed E-state index contributed by atoms with van der Waals surface area (Å²) in [5, 5.41) is 2.98. The van der Waals surface area contributed by atoms with E-state index in [0.717, 1.165) is 11.1 Å². The predicted octanol–water partition coefficient (Wildman–Crippen LogP) is 4.02. The van der Waals surface area contributed by atoms with E-state index in [-0.39, 0.29) is 35.6 Å². The Kier molecular flexibility index (Phi) is 5.05. The summed E-state index contributed by atoms with van der Waals surface area (Å²) in [5.74, 6) is -1.37. The number of carbonyl (C=O) groups excluding carboxylic acids is 3. The van der Waals surface area contributed by atoms with Crippen LogP contribution in [0.2, 0.25) is 0 Å². The van der Waals surface area contributed by atoms with Crippen molar-refractivity contribution in [2.24, 2.45) is 11.8 Å². The highest BCUT2D eigenvalue weighted by molar-refractivity contribution is 6.24. The van der Waals surface area contributed by atoms with Crippen molar-refractivity contribution in [3.05, 3.63) is 77.4 Å². The zero-order valence-electron chi connectivity index (χ0n) is 16.6. The number of hydrogen-bond acceptors (Lipinski definition) is 3. The lowest BCUT2D eigenvalue weighted by Gasteiger charge is -2.20. The number of nitrogens with one attached hydrogen (secondary N) is 1. The van der Waals surface area contributed by atoms with Crippen LogP contribution < -0.4 is 10.2 Å². The molecule has 1 aliphatic carbocycles. The molecular weight excluding hydrogens is 364 g/mol. The second-order valence-electron chi connectivity index (χ2n) is 7.84. The van der Waals surface area contributed by atoms with Crippen LogP contribution in [-0.4, -0.2) is 17.7 Å². The van der Waals surface area contributed by atoms with Crippen LogP contribution in [0.5, 0.6) is 0 Å². The molecule has 148 valence electrons. The summed E-state index contributed by atoms with van der Waals surface area (Å²) in [6, 6.07) is 16.3. The maximum absolute atomic E-state index is 13.1. The van der Waals surface area contributed by atoms with Gasteiger partial charge in [0.05, 0.1) is 29.1 Å². The molecule has 0 radical (unpaired) electrons. The number of hydrogen-bond donors (Lipinski definition) is 1. The Labute approximate surface area is 170 Å². The normalized spacial score (nSPS) is 22.1. The first-order chi connectivity index (χ1) is 14.0. The quantitative estimate of drug-likeness (QED) is 0.635. The van der Waals surface area contributed by atoms with Crippen molar-refractivity contribution in [2.75, 3.05) is 4.90 Å². The number of nitrogens with zero attached hydrogens (tertiary/aromatic N) is 1. The van der Waals surface area contributed by atoms with E-state index < -0.39 is 0 Å². The van der Waals surface area contributed by atoms with Crippen molar-refractivity contribution in [2.45, 2.75) is 32.7 Å². The van der Waals surface area contributed by atoms with Crippen LogP contribution in [0.15, 0.2) is 66.2 Å². The van der Waals surface area contributed by atoms with Crippen LogP contribution in [0.1, 0.15) is 48.7 Å². The summed E-state index contributed by atoms with van der Waals surface area (Å²) in [6.07, 6.45) is 3.22. The number of benzene rings is 2. The summed E-state index contributed by atoms with van der Waals surface area (Å²) in [7, 11) is 0. The van der Waals surface area contributed by atoms with Crippen LogP contribution >= 0.6 is 0 Å². The van der Waals surface area contributed by atoms with Crippen LogP contribution in [0.25, 0.3) is 0 Å². The molecule has 0 spiro atoms. The minimum atomic E-state index is -0.328. The fourth-order valence-electron chi connectivity index (χ4n) is 4.23. The number of fused-ring (bicyclic) bond motifs is 1. The lowest BCUT2D eigenvalue weighted by molar-refractivity contribution is -0.122. The van der Waals surface area contributed by atoms with Gasteiger partial charge in [-0.2, -0.15) is 0 Å². The van der Waals surface area contributed by atoms with Gasteiger partial charge in [0.15, 0.2) is 0 Å². The summed E-state index contributed by atoms with van der Waals surface area (Å²) in [5.41, 5.74) is 2.82. The molecule has 2 aliphatic rings. The van der Waals surface area contributed by atoms with E-state index in [9.17, 15) is 14.4 Å². The second-order valence-corrected chi connectivity index (χ2v) is 7.84. The highest BCUT2D eigenvalue weighted by atomic mass is 16.2. The molecule has 0 aromatic heterocycles. The minimum Gasteiger partial charge on any atom is -0.345 e. The largest absolute Gasteiger partial charge is 0.345 e. The van der Waals surface area contributed by atoms with E-state index >= 15 is 0 Å². The average Bonchev–Trinajstić information content (AvgIpc) is 2.98. The molecule has 1 N–H and O–H groups in total. The van der Waals surface area contributed by atoms with Crippen molar-refractivity contribution in [3.8, 4) is 0 Å². The molecule has 29 heavy (non-hydrogen) atoms. The van der Waals surface area contributed by atoms with Gasteiger partial charge in [0.1, 0.15) is 0 Å².